The van der Waals surface area contributed by atoms with Gasteiger partial charge in [0.25, 0.3) is 0 Å². The third kappa shape index (κ3) is 4.37. The SMILES string of the molecule is N#CC(C#N)=C([O-])OCc1ccccc1.[Na+]. The number of nitriles is 2. The largest absolute Gasteiger partial charge is 1.00 e. The Morgan fingerprint density at radius 3 is 2.25 bits per heavy atom. The maximum atomic E-state index is 11.1. The average Bonchev–Trinajstić information content (AvgIpc) is 2.29. The second kappa shape index (κ2) is 7.78. The van der Waals surface area contributed by atoms with E-state index >= 15 is 0 Å². The number of allylic oxidation sites excluding steroid dienone is 1. The van der Waals surface area contributed by atoms with E-state index in [1.165, 1.54) is 12.1 Å². The van der Waals surface area contributed by atoms with Crippen LogP contribution in [-0.2, 0) is 11.3 Å². The van der Waals surface area contributed by atoms with Gasteiger partial charge >= 0.3 is 29.6 Å². The van der Waals surface area contributed by atoms with Crippen LogP contribution in [0.4, 0.5) is 0 Å². The van der Waals surface area contributed by atoms with E-state index in [1.54, 1.807) is 12.1 Å². The molecule has 0 saturated carbocycles. The molecule has 0 unspecified atom stereocenters. The predicted octanol–water partition coefficient (Wildman–Crippen LogP) is -2.17. The van der Waals surface area contributed by atoms with Crippen LogP contribution < -0.4 is 34.7 Å². The van der Waals surface area contributed by atoms with Crippen LogP contribution in [0.15, 0.2) is 41.9 Å². The first-order valence-electron chi connectivity index (χ1n) is 4.16. The summed E-state index contributed by atoms with van der Waals surface area (Å²) in [6.45, 7) is 0.0620. The van der Waals surface area contributed by atoms with Gasteiger partial charge < -0.3 is 9.84 Å². The van der Waals surface area contributed by atoms with Gasteiger partial charge in [-0.1, -0.05) is 30.3 Å². The molecule has 1 rings (SSSR count). The number of rotatable bonds is 3. The van der Waals surface area contributed by atoms with Gasteiger partial charge in [-0.25, -0.2) is 0 Å². The summed E-state index contributed by atoms with van der Waals surface area (Å²) in [5, 5.41) is 27.8. The molecule has 4 nitrogen and oxygen atoms in total. The molecule has 0 heterocycles. The van der Waals surface area contributed by atoms with Crippen LogP contribution >= 0.6 is 0 Å². The van der Waals surface area contributed by atoms with E-state index in [-0.39, 0.29) is 36.2 Å². The minimum atomic E-state index is -0.885. The van der Waals surface area contributed by atoms with Gasteiger partial charge in [-0.05, 0) is 5.56 Å². The molecule has 74 valence electrons. The van der Waals surface area contributed by atoms with E-state index in [0.29, 0.717) is 0 Å². The molecule has 0 amide bonds. The molecule has 0 atom stereocenters. The molecule has 1 aromatic rings. The summed E-state index contributed by atoms with van der Waals surface area (Å²) >= 11 is 0. The minimum Gasteiger partial charge on any atom is -0.607 e. The van der Waals surface area contributed by atoms with E-state index in [1.807, 2.05) is 18.2 Å². The molecular weight excluding hydrogens is 215 g/mol. The molecule has 0 aliphatic carbocycles. The minimum absolute atomic E-state index is 0. The van der Waals surface area contributed by atoms with Gasteiger partial charge in [0.15, 0.2) is 5.57 Å². The topological polar surface area (TPSA) is 79.9 Å². The van der Waals surface area contributed by atoms with Crippen molar-refractivity contribution in [1.82, 2.24) is 0 Å². The average molecular weight is 222 g/mol. The third-order valence-electron chi connectivity index (χ3n) is 1.64. The van der Waals surface area contributed by atoms with Crippen molar-refractivity contribution in [2.24, 2.45) is 0 Å². The first kappa shape index (κ1) is 14.5. The fraction of sp³-hybridized carbons (Fsp3) is 0.0909. The van der Waals surface area contributed by atoms with Crippen LogP contribution in [0.3, 0.4) is 0 Å². The molecule has 0 N–H and O–H groups in total. The van der Waals surface area contributed by atoms with Gasteiger partial charge in [-0.3, -0.25) is 0 Å². The zero-order valence-electron chi connectivity index (χ0n) is 8.80. The van der Waals surface area contributed by atoms with Gasteiger partial charge in [0, 0.05) is 6.61 Å². The van der Waals surface area contributed by atoms with Gasteiger partial charge in [0.05, 0.1) is 5.95 Å². The fourth-order valence-corrected chi connectivity index (χ4v) is 0.912. The zero-order chi connectivity index (χ0) is 11.1. The quantitative estimate of drug-likeness (QED) is 0.331. The molecule has 16 heavy (non-hydrogen) atoms. The Kier molecular flexibility index (Phi) is 7.07. The normalized spacial score (nSPS) is 7.88. The van der Waals surface area contributed by atoms with Gasteiger partial charge in [0.2, 0.25) is 0 Å². The van der Waals surface area contributed by atoms with Crippen LogP contribution in [0.2, 0.25) is 0 Å². The van der Waals surface area contributed by atoms with Crippen molar-refractivity contribution in [3.63, 3.8) is 0 Å². The molecule has 5 heteroatoms. The molecule has 0 fully saturated rings. The number of hydrogen-bond acceptors (Lipinski definition) is 4. The van der Waals surface area contributed by atoms with Crippen LogP contribution in [-0.4, -0.2) is 0 Å². The molecule has 0 spiro atoms. The third-order valence-corrected chi connectivity index (χ3v) is 1.64. The van der Waals surface area contributed by atoms with Crippen molar-refractivity contribution < 1.29 is 39.4 Å². The van der Waals surface area contributed by atoms with Crippen LogP contribution in [0.1, 0.15) is 5.56 Å². The monoisotopic (exact) mass is 222 g/mol. The fourth-order valence-electron chi connectivity index (χ4n) is 0.912. The van der Waals surface area contributed by atoms with Gasteiger partial charge in [-0.15, -0.1) is 0 Å². The molecule has 0 aliphatic rings. The van der Waals surface area contributed by atoms with E-state index in [9.17, 15) is 5.11 Å². The molecule has 1 aromatic carbocycles. The van der Waals surface area contributed by atoms with E-state index in [2.05, 4.69) is 0 Å². The number of ether oxygens (including phenoxy) is 1. The summed E-state index contributed by atoms with van der Waals surface area (Å²) in [4.78, 5) is 0. The van der Waals surface area contributed by atoms with Crippen LogP contribution in [0, 0.1) is 22.7 Å². The first-order chi connectivity index (χ1) is 7.27. The Hall–Kier alpha value is -1.46. The summed E-state index contributed by atoms with van der Waals surface area (Å²) in [6, 6.07) is 12.0. The van der Waals surface area contributed by atoms with Crippen LogP contribution in [0.5, 0.6) is 0 Å². The van der Waals surface area contributed by atoms with E-state index in [0.717, 1.165) is 5.56 Å². The number of hydrogen-bond donors (Lipinski definition) is 0. The second-order valence-corrected chi connectivity index (χ2v) is 2.66. The van der Waals surface area contributed by atoms with Crippen LogP contribution in [0.25, 0.3) is 0 Å². The Morgan fingerprint density at radius 1 is 1.19 bits per heavy atom. The first-order valence-corrected chi connectivity index (χ1v) is 4.16. The van der Waals surface area contributed by atoms with Gasteiger partial charge in [0.1, 0.15) is 12.1 Å². The molecule has 0 bridgehead atoms. The van der Waals surface area contributed by atoms with Crippen molar-refractivity contribution in [2.75, 3.05) is 0 Å². The Morgan fingerprint density at radius 2 is 1.75 bits per heavy atom. The Labute approximate surface area is 116 Å². The molecule has 0 aliphatic heterocycles. The summed E-state index contributed by atoms with van der Waals surface area (Å²) in [7, 11) is 0. The smallest absolute Gasteiger partial charge is 0.607 e. The Bertz CT molecular complexity index is 427. The van der Waals surface area contributed by atoms with Gasteiger partial charge in [-0.2, -0.15) is 10.5 Å². The van der Waals surface area contributed by atoms with Crippen molar-refractivity contribution in [2.45, 2.75) is 6.61 Å². The van der Waals surface area contributed by atoms with E-state index in [4.69, 9.17) is 15.3 Å². The summed E-state index contributed by atoms with van der Waals surface area (Å²) in [5.41, 5.74) is 0.270. The molecule has 0 saturated heterocycles. The predicted molar refractivity (Wildman–Crippen MR) is 49.5 cm³/mol. The van der Waals surface area contributed by atoms with Crippen molar-refractivity contribution in [1.29, 1.82) is 10.5 Å². The Balaban J connectivity index is 0.00000225. The number of benzene rings is 1. The zero-order valence-corrected chi connectivity index (χ0v) is 10.8. The summed E-state index contributed by atoms with van der Waals surface area (Å²) in [5.74, 6) is -0.885. The summed E-state index contributed by atoms with van der Waals surface area (Å²) < 4.78 is 4.75. The van der Waals surface area contributed by atoms with Crippen molar-refractivity contribution in [3.05, 3.63) is 47.4 Å². The van der Waals surface area contributed by atoms with Crippen molar-refractivity contribution >= 4 is 0 Å². The molecule has 0 radical (unpaired) electrons. The van der Waals surface area contributed by atoms with E-state index < -0.39 is 11.5 Å². The maximum Gasteiger partial charge on any atom is 1.00 e. The standard InChI is InChI=1S/C11H8N2O2.Na/c12-6-10(7-13)11(14)15-8-9-4-2-1-3-5-9;/h1-5,14H,8H2;/q;+1/p-1. The van der Waals surface area contributed by atoms with Crippen molar-refractivity contribution in [3.8, 4) is 12.1 Å². The molecular formula is C11H7N2NaO2. The summed E-state index contributed by atoms with van der Waals surface area (Å²) in [6.07, 6.45) is 0. The molecule has 0 aromatic heterocycles. The number of nitrogens with zero attached hydrogens (tertiary/aromatic N) is 2. The second-order valence-electron chi connectivity index (χ2n) is 2.66. The maximum absolute atomic E-state index is 11.1.